The van der Waals surface area contributed by atoms with Crippen LogP contribution in [0.2, 0.25) is 0 Å². The van der Waals surface area contributed by atoms with Crippen LogP contribution >= 0.6 is 11.3 Å². The van der Waals surface area contributed by atoms with Gasteiger partial charge in [-0.1, -0.05) is 17.4 Å². The fourth-order valence-electron chi connectivity index (χ4n) is 1.18. The van der Waals surface area contributed by atoms with Gasteiger partial charge in [-0.15, -0.1) is 10.2 Å². The standard InChI is InChI=1S/C10H12N4S/c1-11-7-5-9-13-14-10(15-9)8-4-2-3-6-12-8/h2-4,6,11H,5,7H2,1H3. The van der Waals surface area contributed by atoms with Crippen molar-refractivity contribution in [1.29, 1.82) is 0 Å². The van der Waals surface area contributed by atoms with Crippen LogP contribution < -0.4 is 5.32 Å². The van der Waals surface area contributed by atoms with Crippen molar-refractivity contribution in [3.63, 3.8) is 0 Å². The minimum atomic E-state index is 0.890. The first-order valence-electron chi connectivity index (χ1n) is 4.78. The number of rotatable bonds is 4. The van der Waals surface area contributed by atoms with E-state index in [0.717, 1.165) is 28.7 Å². The van der Waals surface area contributed by atoms with Crippen molar-refractivity contribution >= 4 is 11.3 Å². The number of nitrogens with one attached hydrogen (secondary N) is 1. The summed E-state index contributed by atoms with van der Waals surface area (Å²) in [5.74, 6) is 0. The zero-order chi connectivity index (χ0) is 10.5. The molecule has 5 heteroatoms. The summed E-state index contributed by atoms with van der Waals surface area (Å²) < 4.78 is 0. The van der Waals surface area contributed by atoms with E-state index < -0.39 is 0 Å². The van der Waals surface area contributed by atoms with Crippen molar-refractivity contribution in [1.82, 2.24) is 20.5 Å². The first kappa shape index (κ1) is 10.2. The van der Waals surface area contributed by atoms with Crippen molar-refractivity contribution in [2.45, 2.75) is 6.42 Å². The topological polar surface area (TPSA) is 50.7 Å². The van der Waals surface area contributed by atoms with Crippen LogP contribution in [0.4, 0.5) is 0 Å². The van der Waals surface area contributed by atoms with Gasteiger partial charge in [-0.3, -0.25) is 4.98 Å². The number of aromatic nitrogens is 3. The Morgan fingerprint density at radius 2 is 2.27 bits per heavy atom. The van der Waals surface area contributed by atoms with Crippen molar-refractivity contribution in [2.75, 3.05) is 13.6 Å². The highest BCUT2D eigenvalue weighted by Gasteiger charge is 2.06. The van der Waals surface area contributed by atoms with E-state index in [2.05, 4.69) is 20.5 Å². The number of nitrogens with zero attached hydrogens (tertiary/aromatic N) is 3. The summed E-state index contributed by atoms with van der Waals surface area (Å²) in [5.41, 5.74) is 0.894. The molecule has 1 N–H and O–H groups in total. The quantitative estimate of drug-likeness (QED) is 0.845. The van der Waals surface area contributed by atoms with Gasteiger partial charge in [0.25, 0.3) is 0 Å². The fourth-order valence-corrected chi connectivity index (χ4v) is 2.00. The molecule has 0 saturated carbocycles. The summed E-state index contributed by atoms with van der Waals surface area (Å²) in [6.07, 6.45) is 2.69. The zero-order valence-corrected chi connectivity index (χ0v) is 9.29. The molecule has 15 heavy (non-hydrogen) atoms. The molecule has 0 saturated heterocycles. The van der Waals surface area contributed by atoms with Gasteiger partial charge in [0, 0.05) is 19.2 Å². The second kappa shape index (κ2) is 4.95. The molecule has 2 rings (SSSR count). The number of pyridine rings is 1. The largest absolute Gasteiger partial charge is 0.319 e. The predicted octanol–water partition coefficient (Wildman–Crippen LogP) is 1.36. The van der Waals surface area contributed by atoms with Crippen LogP contribution in [0.5, 0.6) is 0 Å². The minimum absolute atomic E-state index is 0.890. The molecule has 0 bridgehead atoms. The van der Waals surface area contributed by atoms with Crippen molar-refractivity contribution in [3.8, 4) is 10.7 Å². The van der Waals surface area contributed by atoms with Gasteiger partial charge in [-0.2, -0.15) is 0 Å². The van der Waals surface area contributed by atoms with E-state index in [1.54, 1.807) is 17.5 Å². The average Bonchev–Trinajstić information content (AvgIpc) is 2.76. The lowest BCUT2D eigenvalue weighted by molar-refractivity contribution is 0.779. The summed E-state index contributed by atoms with van der Waals surface area (Å²) in [6.45, 7) is 0.927. The molecule has 2 heterocycles. The summed E-state index contributed by atoms with van der Waals surface area (Å²) in [7, 11) is 1.93. The fraction of sp³-hybridized carbons (Fsp3) is 0.300. The molecule has 4 nitrogen and oxygen atoms in total. The van der Waals surface area contributed by atoms with Gasteiger partial charge in [0.1, 0.15) is 10.7 Å². The van der Waals surface area contributed by atoms with Crippen molar-refractivity contribution in [2.24, 2.45) is 0 Å². The maximum atomic E-state index is 4.23. The first-order chi connectivity index (χ1) is 7.40. The molecule has 2 aromatic heterocycles. The van der Waals surface area contributed by atoms with Crippen molar-refractivity contribution < 1.29 is 0 Å². The predicted molar refractivity (Wildman–Crippen MR) is 60.8 cm³/mol. The van der Waals surface area contributed by atoms with E-state index in [0.29, 0.717) is 0 Å². The molecule has 2 aromatic rings. The van der Waals surface area contributed by atoms with Crippen molar-refractivity contribution in [3.05, 3.63) is 29.4 Å². The molecule has 0 amide bonds. The van der Waals surface area contributed by atoms with E-state index >= 15 is 0 Å². The summed E-state index contributed by atoms with van der Waals surface area (Å²) in [4.78, 5) is 4.23. The van der Waals surface area contributed by atoms with Crippen LogP contribution in [0.25, 0.3) is 10.7 Å². The van der Waals surface area contributed by atoms with E-state index in [1.807, 2.05) is 25.2 Å². The Kier molecular flexibility index (Phi) is 3.37. The Bertz CT molecular complexity index is 412. The van der Waals surface area contributed by atoms with Gasteiger partial charge < -0.3 is 5.32 Å². The molecule has 0 aromatic carbocycles. The van der Waals surface area contributed by atoms with Gasteiger partial charge in [0.15, 0.2) is 5.01 Å². The monoisotopic (exact) mass is 220 g/mol. The van der Waals surface area contributed by atoms with Gasteiger partial charge in [-0.05, 0) is 19.2 Å². The molecule has 0 aliphatic carbocycles. The summed E-state index contributed by atoms with van der Waals surface area (Å²) in [6, 6.07) is 5.80. The van der Waals surface area contributed by atoms with E-state index in [9.17, 15) is 0 Å². The second-order valence-electron chi connectivity index (χ2n) is 3.07. The molecule has 0 unspecified atom stereocenters. The number of hydrogen-bond acceptors (Lipinski definition) is 5. The van der Waals surface area contributed by atoms with E-state index in [1.165, 1.54) is 0 Å². The third kappa shape index (κ3) is 2.57. The molecule has 78 valence electrons. The molecular formula is C10H12N4S. The van der Waals surface area contributed by atoms with Crippen LogP contribution in [-0.4, -0.2) is 28.8 Å². The number of hydrogen-bond donors (Lipinski definition) is 1. The lowest BCUT2D eigenvalue weighted by Gasteiger charge is -1.92. The Morgan fingerprint density at radius 3 is 3.00 bits per heavy atom. The normalized spacial score (nSPS) is 10.5. The second-order valence-corrected chi connectivity index (χ2v) is 4.13. The molecule has 0 radical (unpaired) electrons. The molecule has 0 fully saturated rings. The summed E-state index contributed by atoms with van der Waals surface area (Å²) >= 11 is 1.60. The van der Waals surface area contributed by atoms with E-state index in [4.69, 9.17) is 0 Å². The Labute approximate surface area is 92.4 Å². The molecule has 0 aliphatic heterocycles. The van der Waals surface area contributed by atoms with Gasteiger partial charge >= 0.3 is 0 Å². The third-order valence-corrected chi connectivity index (χ3v) is 2.95. The molecular weight excluding hydrogens is 208 g/mol. The van der Waals surface area contributed by atoms with Crippen LogP contribution in [-0.2, 0) is 6.42 Å². The molecule has 0 atom stereocenters. The smallest absolute Gasteiger partial charge is 0.166 e. The maximum absolute atomic E-state index is 4.23. The summed E-state index contributed by atoms with van der Waals surface area (Å²) in [5, 5.41) is 13.3. The van der Waals surface area contributed by atoms with Gasteiger partial charge in [0.2, 0.25) is 0 Å². The van der Waals surface area contributed by atoms with Gasteiger partial charge in [0.05, 0.1) is 0 Å². The molecule has 0 spiro atoms. The van der Waals surface area contributed by atoms with Crippen LogP contribution in [0.1, 0.15) is 5.01 Å². The first-order valence-corrected chi connectivity index (χ1v) is 5.60. The lowest BCUT2D eigenvalue weighted by Crippen LogP contribution is -2.09. The molecule has 0 aliphatic rings. The van der Waals surface area contributed by atoms with Crippen LogP contribution in [0, 0.1) is 0 Å². The lowest BCUT2D eigenvalue weighted by atomic mass is 10.4. The average molecular weight is 220 g/mol. The van der Waals surface area contributed by atoms with Crippen LogP contribution in [0.3, 0.4) is 0 Å². The zero-order valence-electron chi connectivity index (χ0n) is 8.47. The SMILES string of the molecule is CNCCc1nnc(-c2ccccn2)s1. The van der Waals surface area contributed by atoms with E-state index in [-0.39, 0.29) is 0 Å². The Balaban J connectivity index is 2.14. The highest BCUT2D eigenvalue weighted by Crippen LogP contribution is 2.20. The third-order valence-electron chi connectivity index (χ3n) is 1.94. The Morgan fingerprint density at radius 1 is 1.33 bits per heavy atom. The maximum Gasteiger partial charge on any atom is 0.166 e. The number of likely N-dealkylation sites (N-methyl/N-ethyl adjacent to an activating group) is 1. The minimum Gasteiger partial charge on any atom is -0.319 e. The Hall–Kier alpha value is -1.33. The highest BCUT2D eigenvalue weighted by molar-refractivity contribution is 7.14. The highest BCUT2D eigenvalue weighted by atomic mass is 32.1. The van der Waals surface area contributed by atoms with Gasteiger partial charge in [-0.25, -0.2) is 0 Å². The van der Waals surface area contributed by atoms with Crippen LogP contribution in [0.15, 0.2) is 24.4 Å².